The molecule has 0 radical (unpaired) electrons. The maximum absolute atomic E-state index is 12.5. The molecule has 7 nitrogen and oxygen atoms in total. The highest BCUT2D eigenvalue weighted by atomic mass is 16.6. The molecule has 1 saturated heterocycles. The number of rotatable bonds is 6. The predicted octanol–water partition coefficient (Wildman–Crippen LogP) is 3.16. The standard InChI is InChI=1S/C20H22N4O3/c1-2-10-21-18-15-17(8-9-19(18)24(26)27)22-11-13-23(14-12-22)20(25)16-6-4-3-5-7-16/h2-9,15,21H,1,10-14H2. The molecule has 1 heterocycles. The van der Waals surface area contributed by atoms with Crippen molar-refractivity contribution in [2.45, 2.75) is 0 Å². The van der Waals surface area contributed by atoms with Crippen LogP contribution in [0.2, 0.25) is 0 Å². The molecule has 27 heavy (non-hydrogen) atoms. The van der Waals surface area contributed by atoms with Gasteiger partial charge in [0.1, 0.15) is 5.69 Å². The lowest BCUT2D eigenvalue weighted by Gasteiger charge is -2.36. The molecule has 2 aromatic carbocycles. The summed E-state index contributed by atoms with van der Waals surface area (Å²) < 4.78 is 0. The minimum absolute atomic E-state index is 0.0345. The van der Waals surface area contributed by atoms with E-state index in [1.807, 2.05) is 35.2 Å². The van der Waals surface area contributed by atoms with Crippen LogP contribution in [0.5, 0.6) is 0 Å². The number of carbonyl (C=O) groups excluding carboxylic acids is 1. The van der Waals surface area contributed by atoms with Crippen LogP contribution in [0.3, 0.4) is 0 Å². The van der Waals surface area contributed by atoms with Gasteiger partial charge in [-0.3, -0.25) is 14.9 Å². The average molecular weight is 366 g/mol. The first-order chi connectivity index (χ1) is 13.1. The number of hydrogen-bond donors (Lipinski definition) is 1. The fraction of sp³-hybridized carbons (Fsp3) is 0.250. The highest BCUT2D eigenvalue weighted by Crippen LogP contribution is 2.30. The molecule has 1 aliphatic heterocycles. The summed E-state index contributed by atoms with van der Waals surface area (Å²) in [5.74, 6) is 0.0345. The van der Waals surface area contributed by atoms with E-state index in [0.717, 1.165) is 5.69 Å². The number of anilines is 2. The molecule has 1 amide bonds. The van der Waals surface area contributed by atoms with Crippen LogP contribution in [-0.4, -0.2) is 48.5 Å². The molecule has 0 saturated carbocycles. The Kier molecular flexibility index (Phi) is 5.71. The zero-order valence-electron chi connectivity index (χ0n) is 15.0. The third-order valence-electron chi connectivity index (χ3n) is 4.57. The molecule has 1 aliphatic rings. The van der Waals surface area contributed by atoms with Crippen molar-refractivity contribution in [3.05, 3.63) is 76.9 Å². The van der Waals surface area contributed by atoms with Crippen molar-refractivity contribution in [2.24, 2.45) is 0 Å². The molecule has 2 aromatic rings. The molecule has 0 spiro atoms. The van der Waals surface area contributed by atoms with Gasteiger partial charge in [0.15, 0.2) is 0 Å². The van der Waals surface area contributed by atoms with E-state index in [1.165, 1.54) is 6.07 Å². The Bertz CT molecular complexity index is 830. The van der Waals surface area contributed by atoms with Gasteiger partial charge in [0.2, 0.25) is 0 Å². The van der Waals surface area contributed by atoms with E-state index in [1.54, 1.807) is 18.2 Å². The van der Waals surface area contributed by atoms with E-state index in [0.29, 0.717) is 44.0 Å². The van der Waals surface area contributed by atoms with Gasteiger partial charge < -0.3 is 15.1 Å². The average Bonchev–Trinajstić information content (AvgIpc) is 2.72. The molecular weight excluding hydrogens is 344 g/mol. The van der Waals surface area contributed by atoms with Crippen molar-refractivity contribution in [1.29, 1.82) is 0 Å². The van der Waals surface area contributed by atoms with Crippen LogP contribution in [0.1, 0.15) is 10.4 Å². The molecule has 140 valence electrons. The van der Waals surface area contributed by atoms with Crippen molar-refractivity contribution in [1.82, 2.24) is 4.90 Å². The first-order valence-electron chi connectivity index (χ1n) is 8.82. The Morgan fingerprint density at radius 3 is 2.48 bits per heavy atom. The fourth-order valence-electron chi connectivity index (χ4n) is 3.13. The molecule has 7 heteroatoms. The predicted molar refractivity (Wildman–Crippen MR) is 106 cm³/mol. The van der Waals surface area contributed by atoms with Crippen molar-refractivity contribution >= 4 is 23.0 Å². The molecule has 0 atom stereocenters. The number of nitrogens with zero attached hydrogens (tertiary/aromatic N) is 3. The summed E-state index contributed by atoms with van der Waals surface area (Å²) in [6.45, 7) is 6.66. The van der Waals surface area contributed by atoms with E-state index in [2.05, 4.69) is 16.8 Å². The lowest BCUT2D eigenvalue weighted by Crippen LogP contribution is -2.48. The number of benzene rings is 2. The first kappa shape index (κ1) is 18.4. The summed E-state index contributed by atoms with van der Waals surface area (Å²) in [6.07, 6.45) is 1.66. The Hall–Kier alpha value is -3.35. The van der Waals surface area contributed by atoms with Crippen LogP contribution >= 0.6 is 0 Å². The number of nitro benzene ring substituents is 1. The van der Waals surface area contributed by atoms with Gasteiger partial charge in [-0.05, 0) is 24.3 Å². The van der Waals surface area contributed by atoms with Gasteiger partial charge in [-0.1, -0.05) is 24.3 Å². The third-order valence-corrected chi connectivity index (χ3v) is 4.57. The fourth-order valence-corrected chi connectivity index (χ4v) is 3.13. The topological polar surface area (TPSA) is 78.7 Å². The van der Waals surface area contributed by atoms with E-state index in [-0.39, 0.29) is 11.6 Å². The van der Waals surface area contributed by atoms with Gasteiger partial charge in [-0.15, -0.1) is 6.58 Å². The second-order valence-electron chi connectivity index (χ2n) is 6.27. The zero-order chi connectivity index (χ0) is 19.2. The van der Waals surface area contributed by atoms with Gasteiger partial charge >= 0.3 is 0 Å². The van der Waals surface area contributed by atoms with E-state index < -0.39 is 4.92 Å². The minimum Gasteiger partial charge on any atom is -0.376 e. The lowest BCUT2D eigenvalue weighted by atomic mass is 10.1. The van der Waals surface area contributed by atoms with E-state index >= 15 is 0 Å². The monoisotopic (exact) mass is 366 g/mol. The Labute approximate surface area is 158 Å². The summed E-state index contributed by atoms with van der Waals surface area (Å²) in [7, 11) is 0. The second kappa shape index (κ2) is 8.35. The number of piperazine rings is 1. The maximum atomic E-state index is 12.5. The highest BCUT2D eigenvalue weighted by molar-refractivity contribution is 5.94. The number of carbonyl (C=O) groups is 1. The van der Waals surface area contributed by atoms with Crippen molar-refractivity contribution in [3.8, 4) is 0 Å². The molecule has 1 N–H and O–H groups in total. The maximum Gasteiger partial charge on any atom is 0.292 e. The summed E-state index contributed by atoms with van der Waals surface area (Å²) >= 11 is 0. The molecule has 1 fully saturated rings. The largest absolute Gasteiger partial charge is 0.376 e. The Balaban J connectivity index is 1.69. The van der Waals surface area contributed by atoms with Crippen LogP contribution in [0.15, 0.2) is 61.2 Å². The summed E-state index contributed by atoms with van der Waals surface area (Å²) in [5, 5.41) is 14.2. The van der Waals surface area contributed by atoms with Crippen LogP contribution in [0, 0.1) is 10.1 Å². The molecule has 0 bridgehead atoms. The molecule has 0 aliphatic carbocycles. The Morgan fingerprint density at radius 1 is 1.15 bits per heavy atom. The minimum atomic E-state index is -0.397. The van der Waals surface area contributed by atoms with Crippen LogP contribution < -0.4 is 10.2 Å². The first-order valence-corrected chi connectivity index (χ1v) is 8.82. The number of nitrogens with one attached hydrogen (secondary N) is 1. The van der Waals surface area contributed by atoms with Crippen molar-refractivity contribution < 1.29 is 9.72 Å². The SMILES string of the molecule is C=CCNc1cc(N2CCN(C(=O)c3ccccc3)CC2)ccc1[N+](=O)[O-]. The van der Waals surface area contributed by atoms with Gasteiger partial charge in [0, 0.05) is 50.0 Å². The summed E-state index contributed by atoms with van der Waals surface area (Å²) in [5.41, 5.74) is 2.11. The lowest BCUT2D eigenvalue weighted by molar-refractivity contribution is -0.383. The number of nitro groups is 1. The number of hydrogen-bond acceptors (Lipinski definition) is 5. The summed E-state index contributed by atoms with van der Waals surface area (Å²) in [4.78, 5) is 27.3. The van der Waals surface area contributed by atoms with Crippen molar-refractivity contribution in [2.75, 3.05) is 42.9 Å². The summed E-state index contributed by atoms with van der Waals surface area (Å²) in [6, 6.07) is 14.3. The molecule has 3 rings (SSSR count). The van der Waals surface area contributed by atoms with Crippen molar-refractivity contribution in [3.63, 3.8) is 0 Å². The van der Waals surface area contributed by atoms with Crippen LogP contribution in [0.25, 0.3) is 0 Å². The highest BCUT2D eigenvalue weighted by Gasteiger charge is 2.23. The third kappa shape index (κ3) is 4.25. The van der Waals surface area contributed by atoms with Gasteiger partial charge in [-0.2, -0.15) is 0 Å². The quantitative estimate of drug-likeness (QED) is 0.483. The smallest absolute Gasteiger partial charge is 0.292 e. The molecule has 0 unspecified atom stereocenters. The van der Waals surface area contributed by atoms with Gasteiger partial charge in [-0.25, -0.2) is 0 Å². The van der Waals surface area contributed by atoms with Gasteiger partial charge in [0.05, 0.1) is 4.92 Å². The normalized spacial score (nSPS) is 13.9. The molecule has 0 aromatic heterocycles. The van der Waals surface area contributed by atoms with Crippen LogP contribution in [0.4, 0.5) is 17.1 Å². The Morgan fingerprint density at radius 2 is 1.85 bits per heavy atom. The zero-order valence-corrected chi connectivity index (χ0v) is 15.0. The van der Waals surface area contributed by atoms with Gasteiger partial charge in [0.25, 0.3) is 11.6 Å². The van der Waals surface area contributed by atoms with Crippen LogP contribution in [-0.2, 0) is 0 Å². The second-order valence-corrected chi connectivity index (χ2v) is 6.27. The van der Waals surface area contributed by atoms with E-state index in [9.17, 15) is 14.9 Å². The van der Waals surface area contributed by atoms with E-state index in [4.69, 9.17) is 0 Å². The number of amides is 1. The molecular formula is C20H22N4O3.